The van der Waals surface area contributed by atoms with Gasteiger partial charge in [0.15, 0.2) is 14.3 Å². The van der Waals surface area contributed by atoms with Gasteiger partial charge in [0.1, 0.15) is 11.5 Å². The van der Waals surface area contributed by atoms with E-state index in [0.29, 0.717) is 54.5 Å². The lowest BCUT2D eigenvalue weighted by Gasteiger charge is -2.30. The molecule has 0 saturated carbocycles. The van der Waals surface area contributed by atoms with Crippen molar-refractivity contribution in [3.63, 3.8) is 0 Å². The van der Waals surface area contributed by atoms with Gasteiger partial charge in [0.2, 0.25) is 0 Å². The highest BCUT2D eigenvalue weighted by atomic mass is 31.2. The van der Waals surface area contributed by atoms with Crippen molar-refractivity contribution in [2.24, 2.45) is 0 Å². The molecule has 14 aromatic rings. The summed E-state index contributed by atoms with van der Waals surface area (Å²) in [5, 5.41) is 3.36. The average molecular weight is 1220 g/mol. The summed E-state index contributed by atoms with van der Waals surface area (Å²) in [6.45, 7) is 0. The van der Waals surface area contributed by atoms with Crippen LogP contribution in [-0.2, 0) is 9.13 Å². The van der Waals surface area contributed by atoms with Gasteiger partial charge in [-0.3, -0.25) is 0 Å². The van der Waals surface area contributed by atoms with E-state index in [9.17, 15) is 0 Å². The van der Waals surface area contributed by atoms with Crippen LogP contribution in [0.5, 0.6) is 11.5 Å². The molecule has 0 aliphatic carbocycles. The lowest BCUT2D eigenvalue weighted by molar-refractivity contribution is 0.411. The Morgan fingerprint density at radius 1 is 0.196 bits per heavy atom. The van der Waals surface area contributed by atoms with Gasteiger partial charge in [-0.25, -0.2) is 0 Å². The van der Waals surface area contributed by atoms with Crippen LogP contribution in [0.2, 0.25) is 0 Å². The van der Waals surface area contributed by atoms with Gasteiger partial charge in [-0.2, -0.15) is 0 Å². The monoisotopic (exact) mass is 1220 g/mol. The van der Waals surface area contributed by atoms with Crippen LogP contribution < -0.4 is 41.3 Å². The first-order chi connectivity index (χ1) is 45.3. The molecule has 0 spiro atoms. The van der Waals surface area contributed by atoms with E-state index in [1.54, 1.807) is 14.2 Å². The minimum atomic E-state index is -4.27. The molecular formula is C86H64O4P2. The first kappa shape index (κ1) is 58.8. The number of methoxy groups -OCH3 is 2. The Morgan fingerprint density at radius 3 is 0.533 bits per heavy atom. The summed E-state index contributed by atoms with van der Waals surface area (Å²) in [5.41, 5.74) is 16.0. The highest BCUT2D eigenvalue weighted by Crippen LogP contribution is 2.55. The maximum atomic E-state index is 19.0. The Bertz CT molecular complexity index is 4210. The Labute approximate surface area is 539 Å². The molecule has 4 nitrogen and oxygen atoms in total. The van der Waals surface area contributed by atoms with Gasteiger partial charge in [-0.1, -0.05) is 255 Å². The number of benzene rings is 14. The smallest absolute Gasteiger partial charge is 0.171 e. The van der Waals surface area contributed by atoms with E-state index in [4.69, 9.17) is 9.47 Å². The third-order valence-electron chi connectivity index (χ3n) is 17.4. The normalized spacial score (nSPS) is 11.5. The van der Waals surface area contributed by atoms with Crippen molar-refractivity contribution in [1.29, 1.82) is 0 Å². The molecule has 6 heteroatoms. The predicted molar refractivity (Wildman–Crippen MR) is 387 cm³/mol. The number of hydrogen-bond acceptors (Lipinski definition) is 4. The van der Waals surface area contributed by atoms with Crippen molar-refractivity contribution < 1.29 is 18.6 Å². The molecule has 0 atom stereocenters. The molecule has 0 aliphatic heterocycles. The molecule has 0 bridgehead atoms. The molecule has 0 fully saturated rings. The fourth-order valence-corrected chi connectivity index (χ4v) is 18.8. The molecule has 14 aromatic carbocycles. The van der Waals surface area contributed by atoms with Gasteiger partial charge < -0.3 is 18.6 Å². The van der Waals surface area contributed by atoms with Gasteiger partial charge >= 0.3 is 0 Å². The van der Waals surface area contributed by atoms with E-state index in [1.807, 2.05) is 182 Å². The second-order valence-electron chi connectivity index (χ2n) is 22.9. The van der Waals surface area contributed by atoms with Crippen molar-refractivity contribution in [3.05, 3.63) is 352 Å². The minimum absolute atomic E-state index is 0.427. The Morgan fingerprint density at radius 2 is 0.370 bits per heavy atom. The Balaban J connectivity index is 1.14. The summed E-state index contributed by atoms with van der Waals surface area (Å²) < 4.78 is 51.3. The van der Waals surface area contributed by atoms with Gasteiger partial charge in [0.25, 0.3) is 0 Å². The van der Waals surface area contributed by atoms with E-state index >= 15 is 9.13 Å². The quantitative estimate of drug-likeness (QED) is 0.0853. The molecule has 0 aliphatic rings. The molecular weight excluding hydrogens is 1160 g/mol. The highest BCUT2D eigenvalue weighted by Gasteiger charge is 2.41. The first-order valence-corrected chi connectivity index (χ1v) is 34.3. The standard InChI is InChI=1S/C86H64O4P2/c1-89-81-45-27-47-83(91(87,77-53-69(61-29-11-3-12-30-61)49-70(54-77)62-31-13-4-14-32-62)78-55-71(63-33-15-5-16-34-63)50-72(56-78)64-35-17-6-18-36-64)85(81)86-82(90-2)46-28-48-84(86)92(88,79-57-73(65-37-19-7-20-38-65)51-74(58-79)66-39-21-8-22-40-66)80-59-75(67-41-23-9-24-42-67)52-76(60-80)68-43-25-10-26-44-68/h3-60H,1-2H3. The third-order valence-corrected chi connectivity index (χ3v) is 23.4. The predicted octanol–water partition coefficient (Wildman–Crippen LogP) is 20.0. The van der Waals surface area contributed by atoms with Gasteiger partial charge in [-0.05, 0) is 186 Å². The van der Waals surface area contributed by atoms with Gasteiger partial charge in [0.05, 0.1) is 14.2 Å². The van der Waals surface area contributed by atoms with Gasteiger partial charge in [0, 0.05) is 43.0 Å². The van der Waals surface area contributed by atoms with Crippen LogP contribution in [0.3, 0.4) is 0 Å². The van der Waals surface area contributed by atoms with Crippen molar-refractivity contribution in [3.8, 4) is 112 Å². The summed E-state index contributed by atoms with van der Waals surface area (Å²) in [6, 6.07) is 120. The fraction of sp³-hybridized carbons (Fsp3) is 0.0233. The molecule has 92 heavy (non-hydrogen) atoms. The summed E-state index contributed by atoms with van der Waals surface area (Å²) in [4.78, 5) is 0. The topological polar surface area (TPSA) is 52.6 Å². The summed E-state index contributed by atoms with van der Waals surface area (Å²) in [7, 11) is -5.24. The van der Waals surface area contributed by atoms with Crippen molar-refractivity contribution in [2.45, 2.75) is 0 Å². The molecule has 0 saturated heterocycles. The summed E-state index contributed by atoms with van der Waals surface area (Å²) in [5.74, 6) is 0.854. The van der Waals surface area contributed by atoms with Crippen molar-refractivity contribution in [1.82, 2.24) is 0 Å². The minimum Gasteiger partial charge on any atom is -0.496 e. The molecule has 0 radical (unpaired) electrons. The van der Waals surface area contributed by atoms with Crippen molar-refractivity contribution >= 4 is 46.1 Å². The number of hydrogen-bond donors (Lipinski definition) is 0. The maximum absolute atomic E-state index is 19.0. The summed E-state index contributed by atoms with van der Waals surface area (Å²) in [6.07, 6.45) is 0. The van der Waals surface area contributed by atoms with E-state index in [0.717, 1.165) is 89.0 Å². The molecule has 0 heterocycles. The highest BCUT2D eigenvalue weighted by molar-refractivity contribution is 7.86. The number of rotatable bonds is 17. The van der Waals surface area contributed by atoms with E-state index < -0.39 is 14.3 Å². The zero-order valence-electron chi connectivity index (χ0n) is 51.0. The molecule has 0 unspecified atom stereocenters. The SMILES string of the molecule is COc1cccc(P(=O)(c2cc(-c3ccccc3)cc(-c3ccccc3)c2)c2cc(-c3ccccc3)cc(-c3ccccc3)c2)c1-c1c(OC)cccc1P(=O)(c1cc(-c2ccccc2)cc(-c2ccccc2)c1)c1cc(-c2ccccc2)cc(-c2ccccc2)c1. The Hall–Kier alpha value is -10.9. The second kappa shape index (κ2) is 25.9. The van der Waals surface area contributed by atoms with Crippen LogP contribution in [-0.4, -0.2) is 14.2 Å². The number of ether oxygens (including phenoxy) is 2. The fourth-order valence-electron chi connectivity index (χ4n) is 12.8. The van der Waals surface area contributed by atoms with Gasteiger partial charge in [-0.15, -0.1) is 0 Å². The average Bonchev–Trinajstić information content (AvgIpc) is 0.728. The molecule has 14 rings (SSSR count). The largest absolute Gasteiger partial charge is 0.496 e. The third kappa shape index (κ3) is 11.5. The molecule has 0 amide bonds. The zero-order chi connectivity index (χ0) is 62.4. The van der Waals surface area contributed by atoms with Crippen LogP contribution in [0.25, 0.3) is 100 Å². The zero-order valence-corrected chi connectivity index (χ0v) is 52.8. The van der Waals surface area contributed by atoms with Crippen LogP contribution in [0.15, 0.2) is 352 Å². The Kier molecular flexibility index (Phi) is 16.6. The van der Waals surface area contributed by atoms with E-state index in [2.05, 4.69) is 170 Å². The summed E-state index contributed by atoms with van der Waals surface area (Å²) >= 11 is 0. The second-order valence-corrected chi connectivity index (χ2v) is 28.4. The first-order valence-electron chi connectivity index (χ1n) is 30.9. The lowest BCUT2D eigenvalue weighted by atomic mass is 9.99. The van der Waals surface area contributed by atoms with Crippen molar-refractivity contribution in [2.75, 3.05) is 14.2 Å². The molecule has 0 aromatic heterocycles. The van der Waals surface area contributed by atoms with Crippen LogP contribution in [0, 0.1) is 0 Å². The van der Waals surface area contributed by atoms with E-state index in [1.165, 1.54) is 0 Å². The van der Waals surface area contributed by atoms with E-state index in [-0.39, 0.29) is 0 Å². The van der Waals surface area contributed by atoms with Crippen LogP contribution >= 0.6 is 14.3 Å². The maximum Gasteiger partial charge on any atom is 0.171 e. The molecule has 0 N–H and O–H groups in total. The van der Waals surface area contributed by atoms with Crippen LogP contribution in [0.4, 0.5) is 0 Å². The molecule has 442 valence electrons. The lowest BCUT2D eigenvalue weighted by Crippen LogP contribution is -2.31. The van der Waals surface area contributed by atoms with Crippen LogP contribution in [0.1, 0.15) is 0 Å².